The number of Topliss-reactive ketones (excluding diaryl/α,β-unsaturated/α-hetero) is 1. The molecular formula is C16H17N5O5S. The van der Waals surface area contributed by atoms with Crippen molar-refractivity contribution in [1.29, 1.82) is 0 Å². The van der Waals surface area contributed by atoms with E-state index in [4.69, 9.17) is 0 Å². The van der Waals surface area contributed by atoms with Crippen molar-refractivity contribution < 1.29 is 19.3 Å². The molecule has 10 nitrogen and oxygen atoms in total. The fourth-order valence-electron chi connectivity index (χ4n) is 2.94. The van der Waals surface area contributed by atoms with Gasteiger partial charge in [-0.3, -0.25) is 25.0 Å². The Balaban J connectivity index is 1.71. The second-order valence-corrected chi connectivity index (χ2v) is 6.92. The van der Waals surface area contributed by atoms with E-state index >= 15 is 0 Å². The van der Waals surface area contributed by atoms with Gasteiger partial charge in [0.15, 0.2) is 23.2 Å². The van der Waals surface area contributed by atoms with Gasteiger partial charge in [0, 0.05) is 31.3 Å². The van der Waals surface area contributed by atoms with Gasteiger partial charge in [-0.1, -0.05) is 11.8 Å². The SMILES string of the molecule is CCN1C(SCC(=O)c2ccc([N+](=O)[O-])cc2)=NC2C1C(=O)NC(=O)N2C. The Hall–Kier alpha value is -2.95. The zero-order valence-electron chi connectivity index (χ0n) is 14.6. The number of benzene rings is 1. The predicted octanol–water partition coefficient (Wildman–Crippen LogP) is 1.08. The molecule has 2 atom stereocenters. The van der Waals surface area contributed by atoms with E-state index in [0.29, 0.717) is 17.3 Å². The first-order valence-electron chi connectivity index (χ1n) is 8.16. The van der Waals surface area contributed by atoms with Crippen LogP contribution in [0.15, 0.2) is 29.3 Å². The van der Waals surface area contributed by atoms with Crippen LogP contribution in [-0.4, -0.2) is 69.2 Å². The lowest BCUT2D eigenvalue weighted by Gasteiger charge is -2.35. The fourth-order valence-corrected chi connectivity index (χ4v) is 3.95. The smallest absolute Gasteiger partial charge is 0.325 e. The van der Waals surface area contributed by atoms with Crippen molar-refractivity contribution >= 4 is 40.3 Å². The summed E-state index contributed by atoms with van der Waals surface area (Å²) < 4.78 is 0. The van der Waals surface area contributed by atoms with Gasteiger partial charge in [0.2, 0.25) is 0 Å². The highest BCUT2D eigenvalue weighted by Gasteiger charge is 2.48. The number of nitro groups is 1. The number of thioether (sulfide) groups is 1. The largest absolute Gasteiger partial charge is 0.336 e. The molecule has 2 unspecified atom stereocenters. The second kappa shape index (κ2) is 7.35. The molecular weight excluding hydrogens is 374 g/mol. The summed E-state index contributed by atoms with van der Waals surface area (Å²) in [5.74, 6) is -0.560. The lowest BCUT2D eigenvalue weighted by atomic mass is 10.1. The number of nitrogens with one attached hydrogen (secondary N) is 1. The highest BCUT2D eigenvalue weighted by Crippen LogP contribution is 2.28. The van der Waals surface area contributed by atoms with Gasteiger partial charge in [-0.2, -0.15) is 0 Å². The van der Waals surface area contributed by atoms with E-state index in [1.165, 1.54) is 40.9 Å². The summed E-state index contributed by atoms with van der Waals surface area (Å²) in [7, 11) is 1.56. The number of aliphatic imine (C=N–C) groups is 1. The number of nitrogens with zero attached hydrogens (tertiary/aromatic N) is 4. The molecule has 3 amide bonds. The highest BCUT2D eigenvalue weighted by molar-refractivity contribution is 8.14. The van der Waals surface area contributed by atoms with Crippen molar-refractivity contribution in [1.82, 2.24) is 15.1 Å². The van der Waals surface area contributed by atoms with Crippen molar-refractivity contribution in [2.45, 2.75) is 19.1 Å². The Kier molecular flexibility index (Phi) is 5.13. The molecule has 0 saturated carbocycles. The first-order valence-corrected chi connectivity index (χ1v) is 9.14. The van der Waals surface area contributed by atoms with Crippen LogP contribution in [0.4, 0.5) is 10.5 Å². The van der Waals surface area contributed by atoms with Crippen molar-refractivity contribution in [3.63, 3.8) is 0 Å². The Labute approximate surface area is 158 Å². The van der Waals surface area contributed by atoms with Gasteiger partial charge >= 0.3 is 6.03 Å². The summed E-state index contributed by atoms with van der Waals surface area (Å²) in [5, 5.41) is 13.5. The Morgan fingerprint density at radius 1 is 1.33 bits per heavy atom. The van der Waals surface area contributed by atoms with Gasteiger partial charge in [-0.25, -0.2) is 9.79 Å². The first kappa shape index (κ1) is 18.8. The van der Waals surface area contributed by atoms with Crippen molar-refractivity contribution in [2.24, 2.45) is 4.99 Å². The number of non-ortho nitro benzene ring substituents is 1. The van der Waals surface area contributed by atoms with Crippen LogP contribution in [0.3, 0.4) is 0 Å². The number of urea groups is 1. The van der Waals surface area contributed by atoms with Gasteiger partial charge in [0.05, 0.1) is 10.7 Å². The first-order chi connectivity index (χ1) is 12.8. The van der Waals surface area contributed by atoms with Crippen LogP contribution < -0.4 is 5.32 Å². The standard InChI is InChI=1S/C16H17N5O5S/c1-3-20-12-13(19(2)15(24)18-14(12)23)17-16(20)27-8-11(22)9-4-6-10(7-5-9)21(25)26/h4-7,12-13H,3,8H2,1-2H3,(H,18,23,24). The van der Waals surface area contributed by atoms with E-state index in [1.54, 1.807) is 11.9 Å². The summed E-state index contributed by atoms with van der Waals surface area (Å²) in [6.07, 6.45) is -0.622. The van der Waals surface area contributed by atoms with Crippen LogP contribution in [0, 0.1) is 10.1 Å². The number of fused-ring (bicyclic) bond motifs is 1. The lowest BCUT2D eigenvalue weighted by Crippen LogP contribution is -2.63. The molecule has 2 heterocycles. The summed E-state index contributed by atoms with van der Waals surface area (Å²) in [4.78, 5) is 54.1. The molecule has 0 aliphatic carbocycles. The van der Waals surface area contributed by atoms with Crippen LogP contribution in [0.1, 0.15) is 17.3 Å². The number of likely N-dealkylation sites (N-methyl/N-ethyl adjacent to an activating group) is 2. The van der Waals surface area contributed by atoms with Crippen molar-refractivity contribution in [2.75, 3.05) is 19.3 Å². The number of hydrogen-bond acceptors (Lipinski definition) is 8. The van der Waals surface area contributed by atoms with Gasteiger partial charge in [0.1, 0.15) is 0 Å². The molecule has 0 aromatic heterocycles. The number of carbonyl (C=O) groups excluding carboxylic acids is 3. The number of rotatable bonds is 5. The predicted molar refractivity (Wildman–Crippen MR) is 98.6 cm³/mol. The third-order valence-corrected chi connectivity index (χ3v) is 5.40. The maximum absolute atomic E-state index is 12.4. The molecule has 1 N–H and O–H groups in total. The molecule has 11 heteroatoms. The molecule has 2 aliphatic rings. The van der Waals surface area contributed by atoms with E-state index in [0.717, 1.165) is 0 Å². The van der Waals surface area contributed by atoms with E-state index in [1.807, 2.05) is 6.92 Å². The molecule has 0 spiro atoms. The number of ketones is 1. The van der Waals surface area contributed by atoms with E-state index in [2.05, 4.69) is 10.3 Å². The third-order valence-electron chi connectivity index (χ3n) is 4.40. The third kappa shape index (κ3) is 3.50. The van der Waals surface area contributed by atoms with E-state index in [9.17, 15) is 24.5 Å². The van der Waals surface area contributed by atoms with E-state index < -0.39 is 29.1 Å². The Morgan fingerprint density at radius 2 is 2.00 bits per heavy atom. The number of imide groups is 1. The second-order valence-electron chi connectivity index (χ2n) is 5.98. The minimum atomic E-state index is -0.622. The van der Waals surface area contributed by atoms with E-state index in [-0.39, 0.29) is 17.2 Å². The summed E-state index contributed by atoms with van der Waals surface area (Å²) in [6.45, 7) is 2.36. The Bertz CT molecular complexity index is 840. The number of amidine groups is 1. The van der Waals surface area contributed by atoms with Crippen LogP contribution in [0.25, 0.3) is 0 Å². The molecule has 1 aromatic rings. The van der Waals surface area contributed by atoms with Crippen LogP contribution in [0.2, 0.25) is 0 Å². The van der Waals surface area contributed by atoms with Gasteiger partial charge in [-0.05, 0) is 19.1 Å². The maximum atomic E-state index is 12.4. The average molecular weight is 391 g/mol. The molecule has 1 aromatic carbocycles. The average Bonchev–Trinajstić information content (AvgIpc) is 3.03. The quantitative estimate of drug-likeness (QED) is 0.452. The van der Waals surface area contributed by atoms with Crippen LogP contribution >= 0.6 is 11.8 Å². The van der Waals surface area contributed by atoms with Gasteiger partial charge in [0.25, 0.3) is 11.6 Å². The zero-order chi connectivity index (χ0) is 19.7. The number of amides is 3. The van der Waals surface area contributed by atoms with Crippen molar-refractivity contribution in [3.05, 3.63) is 39.9 Å². The fraction of sp³-hybridized carbons (Fsp3) is 0.375. The topological polar surface area (TPSA) is 125 Å². The molecule has 2 aliphatic heterocycles. The summed E-state index contributed by atoms with van der Waals surface area (Å²) >= 11 is 1.18. The molecule has 142 valence electrons. The molecule has 3 rings (SSSR count). The minimum absolute atomic E-state index is 0.0614. The molecule has 27 heavy (non-hydrogen) atoms. The normalized spacial score (nSPS) is 21.6. The summed E-state index contributed by atoms with van der Waals surface area (Å²) in [6, 6.07) is 4.26. The monoisotopic (exact) mass is 391 g/mol. The number of nitro benzene ring substituents is 1. The molecule has 1 saturated heterocycles. The zero-order valence-corrected chi connectivity index (χ0v) is 15.4. The summed E-state index contributed by atoms with van der Waals surface area (Å²) in [5.41, 5.74) is 0.275. The number of carbonyl (C=O) groups is 3. The van der Waals surface area contributed by atoms with Crippen LogP contribution in [-0.2, 0) is 4.79 Å². The number of hydrogen-bond donors (Lipinski definition) is 1. The highest BCUT2D eigenvalue weighted by atomic mass is 32.2. The molecule has 0 bridgehead atoms. The maximum Gasteiger partial charge on any atom is 0.325 e. The van der Waals surface area contributed by atoms with Gasteiger partial charge < -0.3 is 9.80 Å². The molecule has 1 fully saturated rings. The molecule has 0 radical (unpaired) electrons. The Morgan fingerprint density at radius 3 is 2.59 bits per heavy atom. The van der Waals surface area contributed by atoms with Crippen molar-refractivity contribution in [3.8, 4) is 0 Å². The van der Waals surface area contributed by atoms with Crippen LogP contribution in [0.5, 0.6) is 0 Å². The lowest BCUT2D eigenvalue weighted by molar-refractivity contribution is -0.384. The minimum Gasteiger partial charge on any atom is -0.336 e. The van der Waals surface area contributed by atoms with Gasteiger partial charge in [-0.15, -0.1) is 0 Å².